The zero-order chi connectivity index (χ0) is 13.2. The van der Waals surface area contributed by atoms with Gasteiger partial charge >= 0.3 is 0 Å². The summed E-state index contributed by atoms with van der Waals surface area (Å²) >= 11 is 3.41. The molecule has 0 radical (unpaired) electrons. The normalized spacial score (nSPS) is 10.8. The highest BCUT2D eigenvalue weighted by atomic mass is 79.9. The fraction of sp³-hybridized carbons (Fsp3) is 0.0625. The van der Waals surface area contributed by atoms with Gasteiger partial charge in [-0.1, -0.05) is 46.3 Å². The van der Waals surface area contributed by atoms with Crippen molar-refractivity contribution in [3.05, 3.63) is 81.2 Å². The van der Waals surface area contributed by atoms with Gasteiger partial charge in [-0.05, 0) is 35.2 Å². The maximum atomic E-state index is 12.4. The Morgan fingerprint density at radius 2 is 1.68 bits per heavy atom. The number of pyridine rings is 1. The van der Waals surface area contributed by atoms with Crippen molar-refractivity contribution < 1.29 is 0 Å². The standard InChI is InChI=1S/C16H12BrNO/c17-14-7-5-12(6-8-14)11-18-10-9-13-3-1-2-4-15(13)16(18)19/h1-10H,11H2. The Labute approximate surface area is 119 Å². The fourth-order valence-corrected chi connectivity index (χ4v) is 2.41. The first-order valence-electron chi connectivity index (χ1n) is 6.07. The van der Waals surface area contributed by atoms with Gasteiger partial charge in [-0.25, -0.2) is 0 Å². The molecule has 0 bridgehead atoms. The molecule has 0 amide bonds. The summed E-state index contributed by atoms with van der Waals surface area (Å²) < 4.78 is 2.79. The van der Waals surface area contributed by atoms with Crippen molar-refractivity contribution in [2.24, 2.45) is 0 Å². The minimum absolute atomic E-state index is 0.0565. The van der Waals surface area contributed by atoms with E-state index in [1.807, 2.05) is 60.8 Å². The number of hydrogen-bond acceptors (Lipinski definition) is 1. The Kier molecular flexibility index (Phi) is 3.22. The predicted octanol–water partition coefficient (Wildman–Crippen LogP) is 3.81. The predicted molar refractivity (Wildman–Crippen MR) is 81.5 cm³/mol. The first-order chi connectivity index (χ1) is 9.24. The average molecular weight is 314 g/mol. The van der Waals surface area contributed by atoms with Gasteiger partial charge in [-0.15, -0.1) is 0 Å². The smallest absolute Gasteiger partial charge is 0.258 e. The number of rotatable bonds is 2. The van der Waals surface area contributed by atoms with Crippen LogP contribution in [-0.4, -0.2) is 4.57 Å². The summed E-state index contributed by atoms with van der Waals surface area (Å²) in [5.41, 5.74) is 1.17. The number of aromatic nitrogens is 1. The second-order valence-electron chi connectivity index (χ2n) is 4.46. The lowest BCUT2D eigenvalue weighted by Crippen LogP contribution is -2.19. The Hall–Kier alpha value is -1.87. The van der Waals surface area contributed by atoms with Crippen molar-refractivity contribution in [2.45, 2.75) is 6.54 Å². The molecule has 19 heavy (non-hydrogen) atoms. The van der Waals surface area contributed by atoms with Gasteiger partial charge in [0.05, 0.1) is 6.54 Å². The topological polar surface area (TPSA) is 22.0 Å². The van der Waals surface area contributed by atoms with Crippen LogP contribution < -0.4 is 5.56 Å². The van der Waals surface area contributed by atoms with Gasteiger partial charge in [0.1, 0.15) is 0 Å². The third kappa shape index (κ3) is 2.47. The second-order valence-corrected chi connectivity index (χ2v) is 5.38. The van der Waals surface area contributed by atoms with Crippen molar-refractivity contribution in [3.63, 3.8) is 0 Å². The third-order valence-corrected chi connectivity index (χ3v) is 3.68. The van der Waals surface area contributed by atoms with E-state index in [2.05, 4.69) is 15.9 Å². The van der Waals surface area contributed by atoms with Crippen LogP contribution in [0.2, 0.25) is 0 Å². The van der Waals surface area contributed by atoms with Crippen molar-refractivity contribution >= 4 is 26.7 Å². The van der Waals surface area contributed by atoms with E-state index in [0.29, 0.717) is 6.54 Å². The van der Waals surface area contributed by atoms with E-state index in [1.54, 1.807) is 4.57 Å². The molecule has 0 unspecified atom stereocenters. The van der Waals surface area contributed by atoms with E-state index in [9.17, 15) is 4.79 Å². The molecule has 3 aromatic rings. The molecule has 0 N–H and O–H groups in total. The van der Waals surface area contributed by atoms with Crippen LogP contribution in [0, 0.1) is 0 Å². The highest BCUT2D eigenvalue weighted by Crippen LogP contribution is 2.12. The van der Waals surface area contributed by atoms with Crippen LogP contribution in [-0.2, 0) is 6.54 Å². The largest absolute Gasteiger partial charge is 0.311 e. The SMILES string of the molecule is O=c1c2ccccc2ccn1Cc1ccc(Br)cc1. The van der Waals surface area contributed by atoms with E-state index in [-0.39, 0.29) is 5.56 Å². The zero-order valence-corrected chi connectivity index (χ0v) is 11.8. The van der Waals surface area contributed by atoms with Gasteiger partial charge in [0.25, 0.3) is 5.56 Å². The summed E-state index contributed by atoms with van der Waals surface area (Å²) in [4.78, 5) is 12.4. The van der Waals surface area contributed by atoms with Gasteiger partial charge in [-0.3, -0.25) is 4.79 Å². The van der Waals surface area contributed by atoms with Crippen molar-refractivity contribution in [1.82, 2.24) is 4.57 Å². The zero-order valence-electron chi connectivity index (χ0n) is 10.2. The third-order valence-electron chi connectivity index (χ3n) is 3.15. The number of benzene rings is 2. The Morgan fingerprint density at radius 1 is 0.947 bits per heavy atom. The lowest BCUT2D eigenvalue weighted by molar-refractivity contribution is 0.768. The van der Waals surface area contributed by atoms with E-state index in [0.717, 1.165) is 20.8 Å². The maximum Gasteiger partial charge on any atom is 0.258 e. The summed E-state index contributed by atoms with van der Waals surface area (Å²) in [6, 6.07) is 17.7. The molecule has 3 heteroatoms. The Balaban J connectivity index is 2.04. The van der Waals surface area contributed by atoms with Crippen LogP contribution in [0.1, 0.15) is 5.56 Å². The highest BCUT2D eigenvalue weighted by molar-refractivity contribution is 9.10. The average Bonchev–Trinajstić information content (AvgIpc) is 2.45. The molecule has 0 spiro atoms. The lowest BCUT2D eigenvalue weighted by Gasteiger charge is -2.07. The number of hydrogen-bond donors (Lipinski definition) is 0. The molecule has 0 atom stereocenters. The molecule has 1 aromatic heterocycles. The molecule has 0 aliphatic carbocycles. The van der Waals surface area contributed by atoms with Gasteiger partial charge < -0.3 is 4.57 Å². The van der Waals surface area contributed by atoms with Gasteiger partial charge in [0.2, 0.25) is 0 Å². The Bertz CT molecular complexity index is 775. The highest BCUT2D eigenvalue weighted by Gasteiger charge is 2.02. The number of nitrogens with zero attached hydrogens (tertiary/aromatic N) is 1. The first-order valence-corrected chi connectivity index (χ1v) is 6.86. The van der Waals surface area contributed by atoms with E-state index in [4.69, 9.17) is 0 Å². The van der Waals surface area contributed by atoms with Crippen molar-refractivity contribution in [3.8, 4) is 0 Å². The fourth-order valence-electron chi connectivity index (χ4n) is 2.14. The van der Waals surface area contributed by atoms with Crippen LogP contribution in [0.25, 0.3) is 10.8 Å². The molecule has 2 aromatic carbocycles. The summed E-state index contributed by atoms with van der Waals surface area (Å²) in [7, 11) is 0. The van der Waals surface area contributed by atoms with Crippen LogP contribution in [0.5, 0.6) is 0 Å². The lowest BCUT2D eigenvalue weighted by atomic mass is 10.1. The molecule has 0 aliphatic rings. The molecule has 0 saturated carbocycles. The van der Waals surface area contributed by atoms with Crippen molar-refractivity contribution in [1.29, 1.82) is 0 Å². The molecular formula is C16H12BrNO. The van der Waals surface area contributed by atoms with E-state index in [1.165, 1.54) is 0 Å². The van der Waals surface area contributed by atoms with E-state index >= 15 is 0 Å². The molecule has 2 nitrogen and oxygen atoms in total. The second kappa shape index (κ2) is 5.02. The van der Waals surface area contributed by atoms with E-state index < -0.39 is 0 Å². The minimum Gasteiger partial charge on any atom is -0.311 e. The van der Waals surface area contributed by atoms with Crippen LogP contribution in [0.15, 0.2) is 70.1 Å². The summed E-state index contributed by atoms with van der Waals surface area (Å²) in [6.45, 7) is 0.594. The van der Waals surface area contributed by atoms with Gasteiger partial charge in [0.15, 0.2) is 0 Å². The minimum atomic E-state index is 0.0565. The molecule has 3 rings (SSSR count). The summed E-state index contributed by atoms with van der Waals surface area (Å²) in [5.74, 6) is 0. The maximum absolute atomic E-state index is 12.4. The monoisotopic (exact) mass is 313 g/mol. The molecule has 0 fully saturated rings. The first kappa shape index (κ1) is 12.2. The number of fused-ring (bicyclic) bond motifs is 1. The molecule has 0 saturated heterocycles. The molecule has 94 valence electrons. The molecule has 1 heterocycles. The summed E-state index contributed by atoms with van der Waals surface area (Å²) in [5, 5.41) is 1.75. The molecule has 0 aliphatic heterocycles. The quantitative estimate of drug-likeness (QED) is 0.705. The van der Waals surface area contributed by atoms with Crippen LogP contribution in [0.3, 0.4) is 0 Å². The van der Waals surface area contributed by atoms with Crippen molar-refractivity contribution in [2.75, 3.05) is 0 Å². The molecular weight excluding hydrogens is 302 g/mol. The number of halogens is 1. The Morgan fingerprint density at radius 3 is 2.47 bits per heavy atom. The van der Waals surface area contributed by atoms with Gasteiger partial charge in [-0.2, -0.15) is 0 Å². The van der Waals surface area contributed by atoms with Gasteiger partial charge in [0, 0.05) is 16.1 Å². The summed E-state index contributed by atoms with van der Waals surface area (Å²) in [6.07, 6.45) is 1.85. The van der Waals surface area contributed by atoms with Crippen LogP contribution >= 0.6 is 15.9 Å². The van der Waals surface area contributed by atoms with Crippen LogP contribution in [0.4, 0.5) is 0 Å².